The SMILES string of the molecule is CN(C(=O)CN1CCN(CCN)CC1)c1ccc(N=C(c2ccccc2)c2c(O)[nH]c3cc(Cl)ccc23)cc1. The average Bonchev–Trinajstić information content (AvgIpc) is 3.27. The summed E-state index contributed by atoms with van der Waals surface area (Å²) in [6.07, 6.45) is 0. The molecule has 0 atom stereocenters. The van der Waals surface area contributed by atoms with Crippen molar-refractivity contribution in [2.75, 3.05) is 57.8 Å². The third-order valence-corrected chi connectivity index (χ3v) is 7.38. The molecule has 1 aliphatic heterocycles. The Morgan fingerprint density at radius 3 is 2.41 bits per heavy atom. The lowest BCUT2D eigenvalue weighted by Crippen LogP contribution is -2.50. The molecule has 202 valence electrons. The van der Waals surface area contributed by atoms with E-state index in [9.17, 15) is 9.90 Å². The number of fused-ring (bicyclic) bond motifs is 1. The number of likely N-dealkylation sites (N-methyl/N-ethyl adjacent to an activating group) is 1. The van der Waals surface area contributed by atoms with E-state index in [4.69, 9.17) is 22.3 Å². The molecule has 0 saturated carbocycles. The number of hydrogen-bond donors (Lipinski definition) is 3. The van der Waals surface area contributed by atoms with E-state index < -0.39 is 0 Å². The first kappa shape index (κ1) is 26.9. The summed E-state index contributed by atoms with van der Waals surface area (Å²) in [5.74, 6) is 0.0755. The molecule has 0 spiro atoms. The van der Waals surface area contributed by atoms with E-state index in [-0.39, 0.29) is 11.8 Å². The highest BCUT2D eigenvalue weighted by Gasteiger charge is 2.21. The maximum Gasteiger partial charge on any atom is 0.240 e. The molecular weight excluding hydrogens is 512 g/mol. The molecule has 4 N–H and O–H groups in total. The number of H-pyrrole nitrogens is 1. The van der Waals surface area contributed by atoms with Crippen molar-refractivity contribution in [1.29, 1.82) is 0 Å². The molecule has 9 heteroatoms. The molecule has 1 aromatic heterocycles. The Hall–Kier alpha value is -3.69. The first-order valence-corrected chi connectivity index (χ1v) is 13.5. The Balaban J connectivity index is 1.37. The molecule has 0 aliphatic carbocycles. The fraction of sp³-hybridized carbons (Fsp3) is 0.267. The number of nitrogens with zero attached hydrogens (tertiary/aromatic N) is 4. The minimum absolute atomic E-state index is 0.0284. The van der Waals surface area contributed by atoms with Crippen molar-refractivity contribution in [2.24, 2.45) is 10.7 Å². The first-order valence-electron chi connectivity index (χ1n) is 13.1. The van der Waals surface area contributed by atoms with Crippen LogP contribution in [0.15, 0.2) is 77.8 Å². The van der Waals surface area contributed by atoms with E-state index in [1.807, 2.05) is 60.7 Å². The number of aromatic amines is 1. The number of amides is 1. The summed E-state index contributed by atoms with van der Waals surface area (Å²) in [4.78, 5) is 27.2. The van der Waals surface area contributed by atoms with Gasteiger partial charge in [-0.25, -0.2) is 4.99 Å². The molecule has 8 nitrogen and oxygen atoms in total. The topological polar surface area (TPSA) is 101 Å². The number of aromatic nitrogens is 1. The van der Waals surface area contributed by atoms with Crippen LogP contribution in [-0.2, 0) is 4.79 Å². The van der Waals surface area contributed by atoms with Gasteiger partial charge in [-0.15, -0.1) is 0 Å². The van der Waals surface area contributed by atoms with E-state index in [1.165, 1.54) is 0 Å². The van der Waals surface area contributed by atoms with Crippen LogP contribution < -0.4 is 10.6 Å². The van der Waals surface area contributed by atoms with Gasteiger partial charge in [0.25, 0.3) is 0 Å². The minimum Gasteiger partial charge on any atom is -0.494 e. The van der Waals surface area contributed by atoms with E-state index >= 15 is 0 Å². The molecule has 3 aromatic carbocycles. The van der Waals surface area contributed by atoms with Gasteiger partial charge in [-0.2, -0.15) is 0 Å². The summed E-state index contributed by atoms with van der Waals surface area (Å²) in [7, 11) is 1.80. The molecule has 4 aromatic rings. The number of halogens is 1. The van der Waals surface area contributed by atoms with Crippen LogP contribution >= 0.6 is 11.6 Å². The Morgan fingerprint density at radius 2 is 1.72 bits per heavy atom. The van der Waals surface area contributed by atoms with Gasteiger partial charge < -0.3 is 20.7 Å². The van der Waals surface area contributed by atoms with Gasteiger partial charge in [0.15, 0.2) is 5.88 Å². The number of carbonyl (C=O) groups excluding carboxylic acids is 1. The zero-order valence-electron chi connectivity index (χ0n) is 22.0. The lowest BCUT2D eigenvalue weighted by Gasteiger charge is -2.34. The van der Waals surface area contributed by atoms with Crippen LogP contribution in [0.2, 0.25) is 5.02 Å². The van der Waals surface area contributed by atoms with Crippen molar-refractivity contribution in [3.05, 3.63) is 88.9 Å². The summed E-state index contributed by atoms with van der Waals surface area (Å²) in [6, 6.07) is 22.8. The maximum absolute atomic E-state index is 13.0. The number of anilines is 1. The number of nitrogens with one attached hydrogen (secondary N) is 1. The number of benzene rings is 3. The van der Waals surface area contributed by atoms with Gasteiger partial charge in [-0.05, 0) is 36.4 Å². The van der Waals surface area contributed by atoms with E-state index in [2.05, 4.69) is 14.8 Å². The first-order chi connectivity index (χ1) is 18.9. The summed E-state index contributed by atoms with van der Waals surface area (Å²) < 4.78 is 0. The fourth-order valence-corrected chi connectivity index (χ4v) is 5.10. The van der Waals surface area contributed by atoms with Crippen LogP contribution in [0.3, 0.4) is 0 Å². The third kappa shape index (κ3) is 6.15. The van der Waals surface area contributed by atoms with Crippen LogP contribution in [0, 0.1) is 0 Å². The molecule has 0 radical (unpaired) electrons. The number of rotatable bonds is 8. The second-order valence-electron chi connectivity index (χ2n) is 9.74. The smallest absolute Gasteiger partial charge is 0.240 e. The van der Waals surface area contributed by atoms with Gasteiger partial charge in [0.2, 0.25) is 5.91 Å². The number of aliphatic imine (C=N–C) groups is 1. The summed E-state index contributed by atoms with van der Waals surface area (Å²) in [5, 5.41) is 12.3. The predicted octanol–water partition coefficient (Wildman–Crippen LogP) is 4.24. The summed E-state index contributed by atoms with van der Waals surface area (Å²) in [6.45, 7) is 5.54. The molecule has 1 saturated heterocycles. The molecule has 5 rings (SSSR count). The lowest BCUT2D eigenvalue weighted by atomic mass is 10.0. The molecule has 1 amide bonds. The van der Waals surface area contributed by atoms with Crippen molar-refractivity contribution in [2.45, 2.75) is 0 Å². The van der Waals surface area contributed by atoms with Crippen LogP contribution in [0.1, 0.15) is 11.1 Å². The molecule has 1 aliphatic rings. The highest BCUT2D eigenvalue weighted by Crippen LogP contribution is 2.33. The van der Waals surface area contributed by atoms with Gasteiger partial charge >= 0.3 is 0 Å². The van der Waals surface area contributed by atoms with E-state index in [1.54, 1.807) is 24.1 Å². The van der Waals surface area contributed by atoms with Crippen LogP contribution in [-0.4, -0.2) is 84.4 Å². The quantitative estimate of drug-likeness (QED) is 0.288. The van der Waals surface area contributed by atoms with Crippen molar-refractivity contribution in [3.8, 4) is 5.88 Å². The number of piperazine rings is 1. The number of hydrogen-bond acceptors (Lipinski definition) is 6. The zero-order chi connectivity index (χ0) is 27.4. The van der Waals surface area contributed by atoms with Gasteiger partial charge in [0.05, 0.1) is 29.0 Å². The van der Waals surface area contributed by atoms with Crippen LogP contribution in [0.5, 0.6) is 5.88 Å². The Bertz CT molecular complexity index is 1460. The monoisotopic (exact) mass is 544 g/mol. The normalized spacial score (nSPS) is 15.1. The van der Waals surface area contributed by atoms with Crippen molar-refractivity contribution < 1.29 is 9.90 Å². The highest BCUT2D eigenvalue weighted by atomic mass is 35.5. The Kier molecular flexibility index (Phi) is 8.28. The second-order valence-corrected chi connectivity index (χ2v) is 10.2. The second kappa shape index (κ2) is 12.0. The van der Waals surface area contributed by atoms with Crippen molar-refractivity contribution >= 4 is 45.5 Å². The molecule has 0 bridgehead atoms. The van der Waals surface area contributed by atoms with Crippen molar-refractivity contribution in [3.63, 3.8) is 0 Å². The predicted molar refractivity (Wildman–Crippen MR) is 159 cm³/mol. The minimum atomic E-state index is 0.0284. The molecular formula is C30H33ClN6O2. The summed E-state index contributed by atoms with van der Waals surface area (Å²) in [5.41, 5.74) is 10.0. The highest BCUT2D eigenvalue weighted by molar-refractivity contribution is 6.31. The Morgan fingerprint density at radius 1 is 1.03 bits per heavy atom. The summed E-state index contributed by atoms with van der Waals surface area (Å²) >= 11 is 6.17. The number of aromatic hydroxyl groups is 1. The molecule has 39 heavy (non-hydrogen) atoms. The molecule has 1 fully saturated rings. The van der Waals surface area contributed by atoms with Gasteiger partial charge in [-0.1, -0.05) is 48.0 Å². The third-order valence-electron chi connectivity index (χ3n) is 7.15. The van der Waals surface area contributed by atoms with Crippen LogP contribution in [0.25, 0.3) is 10.9 Å². The lowest BCUT2D eigenvalue weighted by molar-refractivity contribution is -0.119. The van der Waals surface area contributed by atoms with E-state index in [0.717, 1.165) is 54.9 Å². The standard InChI is InChI=1S/C30H33ClN6O2/c1-35(27(38)20-37-17-15-36(14-13-32)16-18-37)24-10-8-23(9-11-24)33-29(21-5-3-2-4-6-21)28-25-12-7-22(31)19-26(25)34-30(28)39/h2-12,19,34,39H,13-18,20,32H2,1H3. The maximum atomic E-state index is 13.0. The number of carbonyl (C=O) groups is 1. The zero-order valence-corrected chi connectivity index (χ0v) is 22.7. The van der Waals surface area contributed by atoms with Gasteiger partial charge in [-0.3, -0.25) is 14.6 Å². The number of nitrogens with two attached hydrogens (primary N) is 1. The molecule has 2 heterocycles. The Labute approximate surface area is 233 Å². The fourth-order valence-electron chi connectivity index (χ4n) is 4.93. The van der Waals surface area contributed by atoms with Gasteiger partial charge in [0.1, 0.15) is 0 Å². The van der Waals surface area contributed by atoms with E-state index in [0.29, 0.717) is 35.1 Å². The molecule has 0 unspecified atom stereocenters. The van der Waals surface area contributed by atoms with Gasteiger partial charge in [0, 0.05) is 68.0 Å². The van der Waals surface area contributed by atoms with Crippen molar-refractivity contribution in [1.82, 2.24) is 14.8 Å². The van der Waals surface area contributed by atoms with Crippen LogP contribution in [0.4, 0.5) is 11.4 Å². The average molecular weight is 545 g/mol. The largest absolute Gasteiger partial charge is 0.494 e.